The molecule has 5 nitrogen and oxygen atoms in total. The molecule has 1 aliphatic rings. The second kappa shape index (κ2) is 6.88. The van der Waals surface area contributed by atoms with Crippen LogP contribution in [-0.4, -0.2) is 43.3 Å². The van der Waals surface area contributed by atoms with Gasteiger partial charge in [0.05, 0.1) is 6.61 Å². The number of methoxy groups -OCH3 is 1. The summed E-state index contributed by atoms with van der Waals surface area (Å²) in [6.45, 7) is 5.89. The van der Waals surface area contributed by atoms with Gasteiger partial charge >= 0.3 is 0 Å². The minimum Gasteiger partial charge on any atom is -0.383 e. The zero-order valence-electron chi connectivity index (χ0n) is 13.1. The summed E-state index contributed by atoms with van der Waals surface area (Å²) in [6.07, 6.45) is 4.49. The molecule has 112 valence electrons. The summed E-state index contributed by atoms with van der Waals surface area (Å²) in [7, 11) is 3.67. The molecule has 1 aromatic heterocycles. The van der Waals surface area contributed by atoms with Crippen molar-refractivity contribution in [3.63, 3.8) is 0 Å². The van der Waals surface area contributed by atoms with Crippen LogP contribution in [0.15, 0.2) is 0 Å². The van der Waals surface area contributed by atoms with E-state index >= 15 is 0 Å². The van der Waals surface area contributed by atoms with Crippen LogP contribution in [0.1, 0.15) is 37.6 Å². The van der Waals surface area contributed by atoms with Crippen molar-refractivity contribution in [2.45, 2.75) is 45.6 Å². The van der Waals surface area contributed by atoms with Crippen LogP contribution < -0.4 is 10.2 Å². The number of anilines is 2. The van der Waals surface area contributed by atoms with Crippen molar-refractivity contribution >= 4 is 11.6 Å². The maximum absolute atomic E-state index is 5.25. The Labute approximate surface area is 121 Å². The quantitative estimate of drug-likeness (QED) is 0.791. The standard InChI is InChI=1S/C15H26N4O/c1-5-6-13-17-14(16-3)11(2)15(18-13)19(9-10-20-4)12-7-8-12/h12H,5-10H2,1-4H3,(H,16,17,18). The first kappa shape index (κ1) is 15.0. The van der Waals surface area contributed by atoms with Crippen molar-refractivity contribution in [2.75, 3.05) is 37.5 Å². The van der Waals surface area contributed by atoms with Gasteiger partial charge in [0.1, 0.15) is 17.5 Å². The SMILES string of the molecule is CCCc1nc(NC)c(C)c(N(CCOC)C2CC2)n1. The molecule has 5 heteroatoms. The third-order valence-electron chi connectivity index (χ3n) is 3.67. The minimum atomic E-state index is 0.623. The Hall–Kier alpha value is -1.36. The van der Waals surface area contributed by atoms with Crippen LogP contribution in [0.3, 0.4) is 0 Å². The van der Waals surface area contributed by atoms with Crippen LogP contribution in [0, 0.1) is 6.92 Å². The van der Waals surface area contributed by atoms with Gasteiger partial charge in [-0.1, -0.05) is 6.92 Å². The number of hydrogen-bond donors (Lipinski definition) is 1. The molecule has 0 unspecified atom stereocenters. The lowest BCUT2D eigenvalue weighted by Gasteiger charge is -2.26. The van der Waals surface area contributed by atoms with E-state index in [0.29, 0.717) is 6.04 Å². The molecule has 1 heterocycles. The Morgan fingerprint density at radius 2 is 2.10 bits per heavy atom. The molecule has 0 aliphatic heterocycles. The zero-order valence-corrected chi connectivity index (χ0v) is 13.1. The van der Waals surface area contributed by atoms with Crippen LogP contribution in [0.4, 0.5) is 11.6 Å². The van der Waals surface area contributed by atoms with Crippen molar-refractivity contribution in [1.29, 1.82) is 0 Å². The van der Waals surface area contributed by atoms with Gasteiger partial charge in [-0.2, -0.15) is 0 Å². The summed E-state index contributed by atoms with van der Waals surface area (Å²) in [4.78, 5) is 11.8. The predicted molar refractivity (Wildman–Crippen MR) is 82.6 cm³/mol. The van der Waals surface area contributed by atoms with E-state index in [1.54, 1.807) is 7.11 Å². The summed E-state index contributed by atoms with van der Waals surface area (Å²) in [5.41, 5.74) is 1.13. The van der Waals surface area contributed by atoms with Gasteiger partial charge in [0.15, 0.2) is 0 Å². The number of aryl methyl sites for hydroxylation is 1. The maximum atomic E-state index is 5.25. The number of nitrogens with one attached hydrogen (secondary N) is 1. The monoisotopic (exact) mass is 278 g/mol. The molecule has 1 fully saturated rings. The smallest absolute Gasteiger partial charge is 0.137 e. The average molecular weight is 278 g/mol. The summed E-state index contributed by atoms with van der Waals surface area (Å²) in [5, 5.41) is 3.20. The lowest BCUT2D eigenvalue weighted by atomic mass is 10.2. The molecule has 2 rings (SSSR count). The van der Waals surface area contributed by atoms with Gasteiger partial charge in [-0.05, 0) is 26.2 Å². The van der Waals surface area contributed by atoms with E-state index < -0.39 is 0 Å². The normalized spacial score (nSPS) is 14.4. The van der Waals surface area contributed by atoms with E-state index in [0.717, 1.165) is 49.0 Å². The third kappa shape index (κ3) is 3.39. The van der Waals surface area contributed by atoms with Gasteiger partial charge < -0.3 is 15.0 Å². The molecule has 1 saturated carbocycles. The number of aromatic nitrogens is 2. The molecule has 0 atom stereocenters. The average Bonchev–Trinajstić information content (AvgIpc) is 3.27. The molecule has 0 spiro atoms. The molecular formula is C15H26N4O. The Morgan fingerprint density at radius 1 is 1.35 bits per heavy atom. The van der Waals surface area contributed by atoms with E-state index in [-0.39, 0.29) is 0 Å². The molecule has 1 N–H and O–H groups in total. The number of hydrogen-bond acceptors (Lipinski definition) is 5. The van der Waals surface area contributed by atoms with Gasteiger partial charge in [-0.3, -0.25) is 0 Å². The Kier molecular flexibility index (Phi) is 5.17. The lowest BCUT2D eigenvalue weighted by Crippen LogP contribution is -2.31. The predicted octanol–water partition coefficient (Wildman–Crippen LogP) is 2.39. The van der Waals surface area contributed by atoms with Crippen LogP contribution in [0.5, 0.6) is 0 Å². The van der Waals surface area contributed by atoms with E-state index in [9.17, 15) is 0 Å². The second-order valence-electron chi connectivity index (χ2n) is 5.35. The number of rotatable bonds is 8. The van der Waals surface area contributed by atoms with E-state index in [2.05, 4.69) is 29.0 Å². The largest absolute Gasteiger partial charge is 0.383 e. The van der Waals surface area contributed by atoms with Crippen LogP contribution in [0.25, 0.3) is 0 Å². The maximum Gasteiger partial charge on any atom is 0.137 e. The molecule has 0 radical (unpaired) electrons. The van der Waals surface area contributed by atoms with Gasteiger partial charge in [-0.25, -0.2) is 9.97 Å². The number of ether oxygens (including phenoxy) is 1. The Morgan fingerprint density at radius 3 is 2.65 bits per heavy atom. The molecular weight excluding hydrogens is 252 g/mol. The summed E-state index contributed by atoms with van der Waals surface area (Å²) < 4.78 is 5.25. The summed E-state index contributed by atoms with van der Waals surface area (Å²) in [6, 6.07) is 0.623. The minimum absolute atomic E-state index is 0.623. The molecule has 0 saturated heterocycles. The lowest BCUT2D eigenvalue weighted by molar-refractivity contribution is 0.204. The highest BCUT2D eigenvalue weighted by atomic mass is 16.5. The van der Waals surface area contributed by atoms with E-state index in [1.165, 1.54) is 12.8 Å². The summed E-state index contributed by atoms with van der Waals surface area (Å²) in [5.74, 6) is 2.95. The van der Waals surface area contributed by atoms with Crippen molar-refractivity contribution < 1.29 is 4.74 Å². The first-order valence-corrected chi connectivity index (χ1v) is 7.52. The van der Waals surface area contributed by atoms with Gasteiger partial charge in [0, 0.05) is 38.7 Å². The highest BCUT2D eigenvalue weighted by molar-refractivity contribution is 5.59. The fraction of sp³-hybridized carbons (Fsp3) is 0.733. The van der Waals surface area contributed by atoms with Gasteiger partial charge in [0.2, 0.25) is 0 Å². The third-order valence-corrected chi connectivity index (χ3v) is 3.67. The molecule has 1 aromatic rings. The Balaban J connectivity index is 2.32. The highest BCUT2D eigenvalue weighted by Crippen LogP contribution is 2.33. The fourth-order valence-electron chi connectivity index (χ4n) is 2.45. The van der Waals surface area contributed by atoms with Gasteiger partial charge in [-0.15, -0.1) is 0 Å². The highest BCUT2D eigenvalue weighted by Gasteiger charge is 2.31. The van der Waals surface area contributed by atoms with E-state index in [4.69, 9.17) is 9.72 Å². The molecule has 0 amide bonds. The van der Waals surface area contributed by atoms with E-state index in [1.807, 2.05) is 7.05 Å². The Bertz CT molecular complexity index is 446. The number of nitrogens with zero attached hydrogens (tertiary/aromatic N) is 3. The molecule has 20 heavy (non-hydrogen) atoms. The van der Waals surface area contributed by atoms with Crippen LogP contribution >= 0.6 is 0 Å². The first-order chi connectivity index (χ1) is 9.71. The van der Waals surface area contributed by atoms with Crippen LogP contribution in [-0.2, 0) is 11.2 Å². The fourth-order valence-corrected chi connectivity index (χ4v) is 2.45. The molecule has 1 aliphatic carbocycles. The van der Waals surface area contributed by atoms with Crippen molar-refractivity contribution in [3.05, 3.63) is 11.4 Å². The topological polar surface area (TPSA) is 50.3 Å². The van der Waals surface area contributed by atoms with Crippen molar-refractivity contribution in [3.8, 4) is 0 Å². The first-order valence-electron chi connectivity index (χ1n) is 7.52. The summed E-state index contributed by atoms with van der Waals surface area (Å²) >= 11 is 0. The molecule has 0 bridgehead atoms. The zero-order chi connectivity index (χ0) is 14.5. The van der Waals surface area contributed by atoms with Crippen molar-refractivity contribution in [2.24, 2.45) is 0 Å². The van der Waals surface area contributed by atoms with Gasteiger partial charge in [0.25, 0.3) is 0 Å². The van der Waals surface area contributed by atoms with Crippen LogP contribution in [0.2, 0.25) is 0 Å². The second-order valence-corrected chi connectivity index (χ2v) is 5.35. The van der Waals surface area contributed by atoms with Crippen molar-refractivity contribution in [1.82, 2.24) is 9.97 Å². The molecule has 0 aromatic carbocycles.